The number of nitrogens with zero attached hydrogens (tertiary/aromatic N) is 1. The summed E-state index contributed by atoms with van der Waals surface area (Å²) in [5.74, 6) is 0. The average molecular weight is 324 g/mol. The van der Waals surface area contributed by atoms with E-state index in [9.17, 15) is 0 Å². The molecule has 0 radical (unpaired) electrons. The zero-order valence-electron chi connectivity index (χ0n) is 11.2. The fraction of sp³-hybridized carbons (Fsp3) is 0.400. The van der Waals surface area contributed by atoms with Crippen molar-refractivity contribution in [3.8, 4) is 11.3 Å². The van der Waals surface area contributed by atoms with E-state index in [-0.39, 0.29) is 0 Å². The van der Waals surface area contributed by atoms with Crippen LogP contribution in [0.15, 0.2) is 28.7 Å². The van der Waals surface area contributed by atoms with Gasteiger partial charge in [-0.2, -0.15) is 0 Å². The Kier molecular flexibility index (Phi) is 3.93. The minimum absolute atomic E-state index is 0.293. The Morgan fingerprint density at radius 2 is 1.78 bits per heavy atom. The summed E-state index contributed by atoms with van der Waals surface area (Å²) in [5, 5.41) is 1.23. The van der Waals surface area contributed by atoms with E-state index in [2.05, 4.69) is 67.9 Å². The highest BCUT2D eigenvalue weighted by Crippen LogP contribution is 2.31. The number of aromatic nitrogens is 1. The van der Waals surface area contributed by atoms with Gasteiger partial charge in [0.05, 0.1) is 10.7 Å². The first kappa shape index (κ1) is 13.8. The molecule has 0 aliphatic heterocycles. The first-order valence-corrected chi connectivity index (χ1v) is 7.68. The van der Waals surface area contributed by atoms with E-state index in [4.69, 9.17) is 4.98 Å². The maximum absolute atomic E-state index is 4.80. The Morgan fingerprint density at radius 1 is 1.17 bits per heavy atom. The predicted octanol–water partition coefficient (Wildman–Crippen LogP) is 5.47. The van der Waals surface area contributed by atoms with Gasteiger partial charge in [-0.05, 0) is 24.5 Å². The van der Waals surface area contributed by atoms with Gasteiger partial charge in [-0.25, -0.2) is 4.98 Å². The summed E-state index contributed by atoms with van der Waals surface area (Å²) >= 11 is 5.28. The molecule has 0 unspecified atom stereocenters. The van der Waals surface area contributed by atoms with E-state index in [1.165, 1.54) is 15.4 Å². The van der Waals surface area contributed by atoms with Gasteiger partial charge in [0.15, 0.2) is 0 Å². The van der Waals surface area contributed by atoms with Crippen molar-refractivity contribution in [3.63, 3.8) is 0 Å². The number of halogens is 1. The van der Waals surface area contributed by atoms with Gasteiger partial charge in [0.25, 0.3) is 0 Å². The van der Waals surface area contributed by atoms with Crippen molar-refractivity contribution in [2.45, 2.75) is 34.1 Å². The molecule has 1 nitrogen and oxygen atoms in total. The lowest BCUT2D eigenvalue weighted by atomic mass is 9.93. The third-order valence-electron chi connectivity index (χ3n) is 2.64. The van der Waals surface area contributed by atoms with Crippen LogP contribution in [0.4, 0.5) is 0 Å². The Labute approximate surface area is 121 Å². The third-order valence-corrected chi connectivity index (χ3v) is 4.14. The van der Waals surface area contributed by atoms with Crippen molar-refractivity contribution in [1.82, 2.24) is 4.98 Å². The first-order chi connectivity index (χ1) is 8.35. The summed E-state index contributed by atoms with van der Waals surface area (Å²) in [4.78, 5) is 6.10. The van der Waals surface area contributed by atoms with Crippen LogP contribution < -0.4 is 0 Å². The first-order valence-electron chi connectivity index (χ1n) is 6.07. The number of rotatable bonds is 2. The molecule has 1 aromatic heterocycles. The molecule has 0 aliphatic rings. The van der Waals surface area contributed by atoms with Crippen molar-refractivity contribution >= 4 is 27.3 Å². The van der Waals surface area contributed by atoms with Gasteiger partial charge in [0.2, 0.25) is 0 Å². The van der Waals surface area contributed by atoms with Gasteiger partial charge >= 0.3 is 0 Å². The van der Waals surface area contributed by atoms with Gasteiger partial charge in [0.1, 0.15) is 0 Å². The molecule has 0 amide bonds. The molecule has 1 aromatic carbocycles. The average Bonchev–Trinajstić information content (AvgIpc) is 2.58. The molecule has 2 aromatic rings. The topological polar surface area (TPSA) is 12.9 Å². The molecular weight excluding hydrogens is 306 g/mol. The molecule has 0 saturated carbocycles. The number of thiazole rings is 1. The summed E-state index contributed by atoms with van der Waals surface area (Å²) < 4.78 is 1.11. The van der Waals surface area contributed by atoms with Crippen LogP contribution in [-0.2, 0) is 6.42 Å². The van der Waals surface area contributed by atoms with E-state index in [0.717, 1.165) is 16.6 Å². The second-order valence-corrected chi connectivity index (χ2v) is 7.96. The lowest BCUT2D eigenvalue weighted by molar-refractivity contribution is 0.410. The molecule has 3 heteroatoms. The van der Waals surface area contributed by atoms with Crippen LogP contribution in [0, 0.1) is 12.3 Å². The van der Waals surface area contributed by atoms with Gasteiger partial charge in [-0.1, -0.05) is 48.8 Å². The van der Waals surface area contributed by atoms with Crippen molar-refractivity contribution in [2.75, 3.05) is 0 Å². The van der Waals surface area contributed by atoms with Crippen LogP contribution in [0.2, 0.25) is 0 Å². The largest absolute Gasteiger partial charge is 0.241 e. The van der Waals surface area contributed by atoms with Crippen LogP contribution in [-0.4, -0.2) is 4.98 Å². The number of aryl methyl sites for hydroxylation is 1. The van der Waals surface area contributed by atoms with E-state index >= 15 is 0 Å². The van der Waals surface area contributed by atoms with Gasteiger partial charge in [0, 0.05) is 21.3 Å². The Balaban J connectivity index is 2.32. The molecule has 2 rings (SSSR count). The van der Waals surface area contributed by atoms with Crippen molar-refractivity contribution < 1.29 is 0 Å². The standard InChI is InChI=1S/C15H18BrNS/c1-10-14(11-5-7-12(16)8-6-11)17-13(18-10)9-15(2,3)4/h5-8H,9H2,1-4H3. The monoisotopic (exact) mass is 323 g/mol. The van der Waals surface area contributed by atoms with Gasteiger partial charge in [-0.3, -0.25) is 0 Å². The second kappa shape index (κ2) is 5.14. The maximum atomic E-state index is 4.80. The lowest BCUT2D eigenvalue weighted by Gasteiger charge is -2.15. The fourth-order valence-electron chi connectivity index (χ4n) is 1.86. The molecule has 0 atom stereocenters. The van der Waals surface area contributed by atoms with Crippen LogP contribution in [0.1, 0.15) is 30.7 Å². The maximum Gasteiger partial charge on any atom is 0.0940 e. The molecule has 1 heterocycles. The molecule has 0 N–H and O–H groups in total. The third kappa shape index (κ3) is 3.42. The van der Waals surface area contributed by atoms with Crippen LogP contribution in [0.25, 0.3) is 11.3 Å². The normalized spacial score (nSPS) is 11.8. The highest BCUT2D eigenvalue weighted by molar-refractivity contribution is 9.10. The van der Waals surface area contributed by atoms with Crippen LogP contribution in [0.3, 0.4) is 0 Å². The molecule has 0 saturated heterocycles. The fourth-order valence-corrected chi connectivity index (χ4v) is 3.38. The van der Waals surface area contributed by atoms with E-state index in [1.54, 1.807) is 0 Å². The van der Waals surface area contributed by atoms with Crippen LogP contribution >= 0.6 is 27.3 Å². The number of hydrogen-bond acceptors (Lipinski definition) is 2. The molecule has 96 valence electrons. The smallest absolute Gasteiger partial charge is 0.0940 e. The summed E-state index contributed by atoms with van der Waals surface area (Å²) in [6.07, 6.45) is 1.04. The minimum Gasteiger partial charge on any atom is -0.241 e. The highest BCUT2D eigenvalue weighted by Gasteiger charge is 2.16. The van der Waals surface area contributed by atoms with Crippen molar-refractivity contribution in [1.29, 1.82) is 0 Å². The van der Waals surface area contributed by atoms with E-state index in [1.807, 2.05) is 11.3 Å². The Hall–Kier alpha value is -0.670. The second-order valence-electron chi connectivity index (χ2n) is 5.76. The predicted molar refractivity (Wildman–Crippen MR) is 83.1 cm³/mol. The van der Waals surface area contributed by atoms with Crippen molar-refractivity contribution in [2.24, 2.45) is 5.41 Å². The Bertz CT molecular complexity index is 535. The van der Waals surface area contributed by atoms with E-state index < -0.39 is 0 Å². The zero-order chi connectivity index (χ0) is 13.3. The number of benzene rings is 1. The zero-order valence-corrected chi connectivity index (χ0v) is 13.7. The summed E-state index contributed by atoms with van der Waals surface area (Å²) in [6.45, 7) is 8.91. The van der Waals surface area contributed by atoms with Crippen molar-refractivity contribution in [3.05, 3.63) is 38.6 Å². The Morgan fingerprint density at radius 3 is 2.33 bits per heavy atom. The number of hydrogen-bond donors (Lipinski definition) is 0. The summed E-state index contributed by atoms with van der Waals surface area (Å²) in [6, 6.07) is 8.37. The molecule has 0 bridgehead atoms. The minimum atomic E-state index is 0.293. The molecule has 0 aliphatic carbocycles. The molecule has 18 heavy (non-hydrogen) atoms. The lowest BCUT2D eigenvalue weighted by Crippen LogP contribution is -2.08. The SMILES string of the molecule is Cc1sc(CC(C)(C)C)nc1-c1ccc(Br)cc1. The van der Waals surface area contributed by atoms with E-state index in [0.29, 0.717) is 5.41 Å². The molecular formula is C15H18BrNS. The molecule has 0 fully saturated rings. The highest BCUT2D eigenvalue weighted by atomic mass is 79.9. The molecule has 0 spiro atoms. The van der Waals surface area contributed by atoms with Gasteiger partial charge < -0.3 is 0 Å². The van der Waals surface area contributed by atoms with Gasteiger partial charge in [-0.15, -0.1) is 11.3 Å². The van der Waals surface area contributed by atoms with Crippen LogP contribution in [0.5, 0.6) is 0 Å². The summed E-state index contributed by atoms with van der Waals surface area (Å²) in [5.41, 5.74) is 2.63. The summed E-state index contributed by atoms with van der Waals surface area (Å²) in [7, 11) is 0. The quantitative estimate of drug-likeness (QED) is 0.714.